The van der Waals surface area contributed by atoms with Crippen molar-refractivity contribution in [3.05, 3.63) is 29.8 Å². The van der Waals surface area contributed by atoms with Crippen molar-refractivity contribution in [1.29, 1.82) is 0 Å². The molecule has 1 saturated heterocycles. The first-order valence-electron chi connectivity index (χ1n) is 5.54. The zero-order valence-electron chi connectivity index (χ0n) is 9.59. The highest BCUT2D eigenvalue weighted by molar-refractivity contribution is 5.49. The summed E-state index contributed by atoms with van der Waals surface area (Å²) in [4.78, 5) is 12.5. The Kier molecular flexibility index (Phi) is 4.09. The maximum atomic E-state index is 12.0. The first-order valence-corrected chi connectivity index (χ1v) is 5.54. The Morgan fingerprint density at radius 2 is 2.11 bits per heavy atom. The highest BCUT2D eigenvalue weighted by Crippen LogP contribution is 2.25. The van der Waals surface area contributed by atoms with Gasteiger partial charge in [-0.05, 0) is 17.7 Å². The molecule has 0 unspecified atom stereocenters. The number of rotatable bonds is 4. The van der Waals surface area contributed by atoms with Gasteiger partial charge < -0.3 is 14.4 Å². The topological polar surface area (TPSA) is 38.8 Å². The van der Waals surface area contributed by atoms with E-state index in [1.165, 1.54) is 12.1 Å². The number of hydrogen-bond acceptors (Lipinski definition) is 3. The van der Waals surface area contributed by atoms with Crippen LogP contribution in [0, 0.1) is 0 Å². The summed E-state index contributed by atoms with van der Waals surface area (Å²) in [6.45, 7) is -1.38. The van der Waals surface area contributed by atoms with E-state index in [-0.39, 0.29) is 11.8 Å². The van der Waals surface area contributed by atoms with Crippen LogP contribution < -0.4 is 4.74 Å². The number of carbonyl (C=O) groups is 1. The van der Waals surface area contributed by atoms with Crippen molar-refractivity contribution in [3.8, 4) is 5.75 Å². The van der Waals surface area contributed by atoms with E-state index in [0.29, 0.717) is 19.8 Å². The van der Waals surface area contributed by atoms with Crippen molar-refractivity contribution < 1.29 is 23.0 Å². The lowest BCUT2D eigenvalue weighted by molar-refractivity contribution is -0.126. The van der Waals surface area contributed by atoms with E-state index >= 15 is 0 Å². The molecule has 0 radical (unpaired) electrons. The molecule has 1 aromatic rings. The van der Waals surface area contributed by atoms with Gasteiger partial charge in [0.15, 0.2) is 0 Å². The molecule has 0 bridgehead atoms. The zero-order chi connectivity index (χ0) is 13.0. The van der Waals surface area contributed by atoms with E-state index in [9.17, 15) is 13.6 Å². The lowest BCUT2D eigenvalue weighted by Crippen LogP contribution is -2.38. The van der Waals surface area contributed by atoms with E-state index in [0.717, 1.165) is 12.0 Å². The van der Waals surface area contributed by atoms with E-state index in [1.807, 2.05) is 0 Å². The van der Waals surface area contributed by atoms with E-state index in [2.05, 4.69) is 4.74 Å². The van der Waals surface area contributed by atoms with Crippen LogP contribution in [0.3, 0.4) is 0 Å². The highest BCUT2D eigenvalue weighted by Gasteiger charge is 2.23. The minimum atomic E-state index is -2.83. The number of ether oxygens (including phenoxy) is 2. The molecule has 98 valence electrons. The molecule has 1 fully saturated rings. The highest BCUT2D eigenvalue weighted by atomic mass is 19.3. The summed E-state index contributed by atoms with van der Waals surface area (Å²) in [5, 5.41) is 0. The largest absolute Gasteiger partial charge is 0.435 e. The van der Waals surface area contributed by atoms with Gasteiger partial charge in [-0.2, -0.15) is 8.78 Å². The Morgan fingerprint density at radius 1 is 1.39 bits per heavy atom. The third-order valence-electron chi connectivity index (χ3n) is 2.80. The second-order valence-corrected chi connectivity index (χ2v) is 3.88. The van der Waals surface area contributed by atoms with Gasteiger partial charge in [-0.25, -0.2) is 0 Å². The van der Waals surface area contributed by atoms with Crippen LogP contribution in [0.15, 0.2) is 24.3 Å². The summed E-state index contributed by atoms with van der Waals surface area (Å²) in [7, 11) is 0. The second kappa shape index (κ2) is 5.77. The Bertz CT molecular complexity index is 397. The van der Waals surface area contributed by atoms with E-state index < -0.39 is 6.61 Å². The summed E-state index contributed by atoms with van der Waals surface area (Å²) in [5.74, 6) is 0.100. The van der Waals surface area contributed by atoms with Crippen molar-refractivity contribution in [1.82, 2.24) is 4.90 Å². The molecule has 1 heterocycles. The zero-order valence-corrected chi connectivity index (χ0v) is 9.59. The Hall–Kier alpha value is -1.69. The third kappa shape index (κ3) is 2.95. The van der Waals surface area contributed by atoms with Gasteiger partial charge in [0.2, 0.25) is 6.41 Å². The van der Waals surface area contributed by atoms with Gasteiger partial charge in [0.25, 0.3) is 0 Å². The molecule has 0 saturated carbocycles. The lowest BCUT2D eigenvalue weighted by Gasteiger charge is -2.32. The van der Waals surface area contributed by atoms with Crippen LogP contribution in [0.4, 0.5) is 8.78 Å². The normalized spacial score (nSPS) is 19.9. The summed E-state index contributed by atoms with van der Waals surface area (Å²) in [6, 6.07) is 6.07. The molecule has 1 amide bonds. The smallest absolute Gasteiger partial charge is 0.387 e. The molecule has 6 heteroatoms. The van der Waals surface area contributed by atoms with Crippen LogP contribution in [-0.2, 0) is 9.53 Å². The molecule has 0 N–H and O–H groups in total. The fraction of sp³-hybridized carbons (Fsp3) is 0.417. The average Bonchev–Trinajstić information content (AvgIpc) is 2.39. The molecule has 0 aromatic heterocycles. The van der Waals surface area contributed by atoms with Crippen molar-refractivity contribution in [2.75, 3.05) is 19.8 Å². The third-order valence-corrected chi connectivity index (χ3v) is 2.80. The second-order valence-electron chi connectivity index (χ2n) is 3.88. The molecular formula is C12H13F2NO3. The fourth-order valence-corrected chi connectivity index (χ4v) is 1.90. The van der Waals surface area contributed by atoms with Gasteiger partial charge in [0.05, 0.1) is 19.3 Å². The Morgan fingerprint density at radius 3 is 2.72 bits per heavy atom. The molecule has 1 aliphatic rings. The number of benzene rings is 1. The standard InChI is InChI=1S/C12H13F2NO3/c13-12(14)18-10-3-1-9(2-4-10)11-7-17-6-5-15(11)8-16/h1-4,8,11-12H,5-7H2/t11-/m0/s1. The molecule has 1 aromatic carbocycles. The van der Waals surface area contributed by atoms with Gasteiger partial charge in [0.1, 0.15) is 5.75 Å². The minimum absolute atomic E-state index is 0.100. The Balaban J connectivity index is 2.10. The summed E-state index contributed by atoms with van der Waals surface area (Å²) in [5.41, 5.74) is 0.836. The molecule has 2 rings (SSSR count). The van der Waals surface area contributed by atoms with E-state index in [4.69, 9.17) is 4.74 Å². The molecule has 0 spiro atoms. The van der Waals surface area contributed by atoms with Gasteiger partial charge in [-0.1, -0.05) is 12.1 Å². The molecule has 1 atom stereocenters. The van der Waals surface area contributed by atoms with Gasteiger partial charge in [0, 0.05) is 6.54 Å². The fourth-order valence-electron chi connectivity index (χ4n) is 1.90. The number of hydrogen-bond donors (Lipinski definition) is 0. The number of amides is 1. The van der Waals surface area contributed by atoms with Crippen LogP contribution in [0.2, 0.25) is 0 Å². The number of nitrogens with zero attached hydrogens (tertiary/aromatic N) is 1. The monoisotopic (exact) mass is 257 g/mol. The number of carbonyl (C=O) groups excluding carboxylic acids is 1. The van der Waals surface area contributed by atoms with Gasteiger partial charge in [-0.3, -0.25) is 4.79 Å². The molecule has 18 heavy (non-hydrogen) atoms. The number of morpholine rings is 1. The molecule has 0 aliphatic carbocycles. The quantitative estimate of drug-likeness (QED) is 0.772. The maximum absolute atomic E-state index is 12.0. The van der Waals surface area contributed by atoms with Crippen LogP contribution in [0.5, 0.6) is 5.75 Å². The first-order chi connectivity index (χ1) is 8.70. The van der Waals surface area contributed by atoms with Gasteiger partial charge >= 0.3 is 6.61 Å². The van der Waals surface area contributed by atoms with Crippen LogP contribution in [0.25, 0.3) is 0 Å². The van der Waals surface area contributed by atoms with Crippen molar-refractivity contribution in [2.45, 2.75) is 12.7 Å². The summed E-state index contributed by atoms with van der Waals surface area (Å²) < 4.78 is 33.6. The van der Waals surface area contributed by atoms with Crippen LogP contribution in [0.1, 0.15) is 11.6 Å². The van der Waals surface area contributed by atoms with Crippen molar-refractivity contribution >= 4 is 6.41 Å². The maximum Gasteiger partial charge on any atom is 0.387 e. The molecule has 4 nitrogen and oxygen atoms in total. The SMILES string of the molecule is O=CN1CCOC[C@H]1c1ccc(OC(F)F)cc1. The molecular weight excluding hydrogens is 244 g/mol. The predicted octanol–water partition coefficient (Wildman–Crippen LogP) is 1.82. The minimum Gasteiger partial charge on any atom is -0.435 e. The molecule has 1 aliphatic heterocycles. The van der Waals surface area contributed by atoms with Crippen LogP contribution >= 0.6 is 0 Å². The predicted molar refractivity (Wildman–Crippen MR) is 59.4 cm³/mol. The van der Waals surface area contributed by atoms with Crippen molar-refractivity contribution in [2.24, 2.45) is 0 Å². The summed E-state index contributed by atoms with van der Waals surface area (Å²) >= 11 is 0. The first kappa shape index (κ1) is 12.8. The average molecular weight is 257 g/mol. The van der Waals surface area contributed by atoms with Gasteiger partial charge in [-0.15, -0.1) is 0 Å². The number of alkyl halides is 2. The van der Waals surface area contributed by atoms with Crippen molar-refractivity contribution in [3.63, 3.8) is 0 Å². The Labute approximate surface area is 103 Å². The summed E-state index contributed by atoms with van der Waals surface area (Å²) in [6.07, 6.45) is 0.775. The lowest BCUT2D eigenvalue weighted by atomic mass is 10.1. The van der Waals surface area contributed by atoms with Crippen LogP contribution in [-0.4, -0.2) is 37.7 Å². The number of halogens is 2. The van der Waals surface area contributed by atoms with E-state index in [1.54, 1.807) is 17.0 Å².